The van der Waals surface area contributed by atoms with Crippen LogP contribution in [-0.4, -0.2) is 11.6 Å². The van der Waals surface area contributed by atoms with E-state index in [1.807, 2.05) is 30.0 Å². The predicted octanol–water partition coefficient (Wildman–Crippen LogP) is 5.37. The Morgan fingerprint density at radius 1 is 1.00 bits per heavy atom. The highest BCUT2D eigenvalue weighted by Crippen LogP contribution is 2.21. The Morgan fingerprint density at radius 3 is 2.50 bits per heavy atom. The number of alkyl halides is 1. The van der Waals surface area contributed by atoms with Gasteiger partial charge in [0.1, 0.15) is 0 Å². The molecule has 0 heterocycles. The second-order valence-electron chi connectivity index (χ2n) is 3.75. The van der Waals surface area contributed by atoms with Gasteiger partial charge >= 0.3 is 0 Å². The Bertz CT molecular complexity index is 289. The van der Waals surface area contributed by atoms with Crippen LogP contribution < -0.4 is 0 Å². The molecule has 0 saturated carbocycles. The quantitative estimate of drug-likeness (QED) is 0.454. The summed E-state index contributed by atoms with van der Waals surface area (Å²) in [6, 6.07) is 8.08. The molecule has 0 amide bonds. The third-order valence-electron chi connectivity index (χ3n) is 2.39. The highest BCUT2D eigenvalue weighted by Gasteiger charge is 1.98. The Morgan fingerprint density at radius 2 is 1.75 bits per heavy atom. The van der Waals surface area contributed by atoms with Crippen LogP contribution in [0.5, 0.6) is 0 Å². The fraction of sp³-hybridized carbons (Fsp3) is 0.538. The van der Waals surface area contributed by atoms with Gasteiger partial charge in [0.15, 0.2) is 0 Å². The summed E-state index contributed by atoms with van der Waals surface area (Å²) in [4.78, 5) is 0. The van der Waals surface area contributed by atoms with Crippen LogP contribution in [0.3, 0.4) is 0 Å². The van der Waals surface area contributed by atoms with E-state index in [4.69, 9.17) is 23.2 Å². The topological polar surface area (TPSA) is 0 Å². The molecule has 0 atom stereocenters. The number of hydrogen-bond acceptors (Lipinski definition) is 1. The zero-order chi connectivity index (χ0) is 11.6. The normalized spacial score (nSPS) is 10.6. The number of thioether (sulfide) groups is 1. The summed E-state index contributed by atoms with van der Waals surface area (Å²) in [5.41, 5.74) is 1.25. The van der Waals surface area contributed by atoms with Gasteiger partial charge in [0.05, 0.1) is 0 Å². The predicted molar refractivity (Wildman–Crippen MR) is 76.8 cm³/mol. The summed E-state index contributed by atoms with van der Waals surface area (Å²) in [5.74, 6) is 3.04. The summed E-state index contributed by atoms with van der Waals surface area (Å²) < 4.78 is 0. The zero-order valence-corrected chi connectivity index (χ0v) is 11.8. The van der Waals surface area contributed by atoms with E-state index in [1.54, 1.807) is 0 Å². The summed E-state index contributed by atoms with van der Waals surface area (Å²) in [7, 11) is 0. The Balaban J connectivity index is 2.05. The average molecular weight is 277 g/mol. The third kappa shape index (κ3) is 6.03. The molecule has 0 fully saturated rings. The van der Waals surface area contributed by atoms with Gasteiger partial charge < -0.3 is 0 Å². The lowest BCUT2D eigenvalue weighted by molar-refractivity contribution is 0.709. The van der Waals surface area contributed by atoms with Gasteiger partial charge in [-0.25, -0.2) is 0 Å². The molecular weight excluding hydrogens is 259 g/mol. The highest BCUT2D eigenvalue weighted by molar-refractivity contribution is 7.98. The van der Waals surface area contributed by atoms with Gasteiger partial charge in [-0.3, -0.25) is 0 Å². The van der Waals surface area contributed by atoms with Crippen molar-refractivity contribution in [2.45, 2.75) is 31.4 Å². The van der Waals surface area contributed by atoms with E-state index in [0.29, 0.717) is 0 Å². The van der Waals surface area contributed by atoms with Crippen molar-refractivity contribution in [2.75, 3.05) is 11.6 Å². The largest absolute Gasteiger partial charge is 0.157 e. The van der Waals surface area contributed by atoms with E-state index in [9.17, 15) is 0 Å². The zero-order valence-electron chi connectivity index (χ0n) is 9.42. The Kier molecular flexibility index (Phi) is 8.18. The fourth-order valence-corrected chi connectivity index (χ4v) is 2.94. The molecule has 0 aliphatic rings. The number of hydrogen-bond donors (Lipinski definition) is 0. The first-order valence-corrected chi connectivity index (χ1v) is 7.78. The molecule has 0 saturated heterocycles. The number of halogens is 2. The SMILES string of the molecule is ClCCCCCCSCc1ccccc1Cl. The van der Waals surface area contributed by atoms with Crippen LogP contribution in [0.25, 0.3) is 0 Å². The van der Waals surface area contributed by atoms with Gasteiger partial charge in [0.25, 0.3) is 0 Å². The van der Waals surface area contributed by atoms with E-state index < -0.39 is 0 Å². The van der Waals surface area contributed by atoms with Crippen LogP contribution in [0, 0.1) is 0 Å². The van der Waals surface area contributed by atoms with Crippen molar-refractivity contribution in [1.82, 2.24) is 0 Å². The molecule has 3 heteroatoms. The summed E-state index contributed by atoms with van der Waals surface area (Å²) in [6.45, 7) is 0. The van der Waals surface area contributed by atoms with Crippen LogP contribution in [0.4, 0.5) is 0 Å². The number of benzene rings is 1. The summed E-state index contributed by atoms with van der Waals surface area (Å²) in [5, 5.41) is 0.886. The first kappa shape index (κ1) is 14.2. The molecule has 0 radical (unpaired) electrons. The minimum Gasteiger partial charge on any atom is -0.157 e. The van der Waals surface area contributed by atoms with Crippen molar-refractivity contribution in [3.63, 3.8) is 0 Å². The molecule has 0 N–H and O–H groups in total. The van der Waals surface area contributed by atoms with Gasteiger partial charge in [0.2, 0.25) is 0 Å². The van der Waals surface area contributed by atoms with E-state index in [2.05, 4.69) is 6.07 Å². The van der Waals surface area contributed by atoms with Gasteiger partial charge in [0, 0.05) is 16.7 Å². The van der Waals surface area contributed by atoms with Crippen LogP contribution in [-0.2, 0) is 5.75 Å². The smallest absolute Gasteiger partial charge is 0.0446 e. The number of unbranched alkanes of at least 4 members (excludes halogenated alkanes) is 3. The molecule has 1 aromatic carbocycles. The molecule has 0 nitrogen and oxygen atoms in total. The third-order valence-corrected chi connectivity index (χ3v) is 4.12. The molecule has 0 unspecified atom stereocenters. The molecule has 0 spiro atoms. The monoisotopic (exact) mass is 276 g/mol. The van der Waals surface area contributed by atoms with Gasteiger partial charge in [-0.15, -0.1) is 11.6 Å². The molecule has 0 aliphatic heterocycles. The van der Waals surface area contributed by atoms with Gasteiger partial charge in [-0.1, -0.05) is 42.6 Å². The first-order chi connectivity index (χ1) is 7.84. The van der Waals surface area contributed by atoms with Crippen molar-refractivity contribution in [3.8, 4) is 0 Å². The minimum atomic E-state index is 0.798. The lowest BCUT2D eigenvalue weighted by Crippen LogP contribution is -1.86. The number of rotatable bonds is 8. The van der Waals surface area contributed by atoms with E-state index >= 15 is 0 Å². The Hall–Kier alpha value is 0.150. The average Bonchev–Trinajstić information content (AvgIpc) is 2.30. The van der Waals surface area contributed by atoms with E-state index in [-0.39, 0.29) is 0 Å². The standard InChI is InChI=1S/C13H18Cl2S/c14-9-5-1-2-6-10-16-11-12-7-3-4-8-13(12)15/h3-4,7-8H,1-2,5-6,9-11H2. The molecular formula is C13H18Cl2S. The first-order valence-electron chi connectivity index (χ1n) is 5.71. The molecule has 16 heavy (non-hydrogen) atoms. The summed E-state index contributed by atoms with van der Waals surface area (Å²) >= 11 is 13.7. The van der Waals surface area contributed by atoms with Gasteiger partial charge in [-0.05, 0) is 30.2 Å². The molecule has 0 aromatic heterocycles. The molecule has 0 aliphatic carbocycles. The van der Waals surface area contributed by atoms with Crippen molar-refractivity contribution in [2.24, 2.45) is 0 Å². The van der Waals surface area contributed by atoms with Crippen molar-refractivity contribution in [3.05, 3.63) is 34.9 Å². The van der Waals surface area contributed by atoms with Crippen LogP contribution in [0.2, 0.25) is 5.02 Å². The Labute approximate surface area is 113 Å². The minimum absolute atomic E-state index is 0.798. The summed E-state index contributed by atoms with van der Waals surface area (Å²) in [6.07, 6.45) is 4.99. The molecule has 1 rings (SSSR count). The van der Waals surface area contributed by atoms with E-state index in [0.717, 1.165) is 23.1 Å². The van der Waals surface area contributed by atoms with Gasteiger partial charge in [-0.2, -0.15) is 11.8 Å². The highest BCUT2D eigenvalue weighted by atomic mass is 35.5. The fourth-order valence-electron chi connectivity index (χ4n) is 1.45. The van der Waals surface area contributed by atoms with Crippen LogP contribution in [0.1, 0.15) is 31.2 Å². The van der Waals surface area contributed by atoms with Crippen molar-refractivity contribution >= 4 is 35.0 Å². The van der Waals surface area contributed by atoms with Crippen molar-refractivity contribution < 1.29 is 0 Å². The maximum Gasteiger partial charge on any atom is 0.0446 e. The lowest BCUT2D eigenvalue weighted by atomic mass is 10.2. The molecule has 90 valence electrons. The van der Waals surface area contributed by atoms with E-state index in [1.165, 1.54) is 30.6 Å². The maximum atomic E-state index is 6.08. The lowest BCUT2D eigenvalue weighted by Gasteiger charge is -2.03. The molecule has 0 bridgehead atoms. The second-order valence-corrected chi connectivity index (χ2v) is 5.64. The second kappa shape index (κ2) is 9.21. The van der Waals surface area contributed by atoms with Crippen LogP contribution >= 0.6 is 35.0 Å². The van der Waals surface area contributed by atoms with Crippen LogP contribution in [0.15, 0.2) is 24.3 Å². The maximum absolute atomic E-state index is 6.08. The van der Waals surface area contributed by atoms with Crippen molar-refractivity contribution in [1.29, 1.82) is 0 Å². The molecule has 1 aromatic rings.